The normalized spacial score (nSPS) is 21.7. The topological polar surface area (TPSA) is 70.4 Å². The first-order valence-electron chi connectivity index (χ1n) is 13.0. The minimum absolute atomic E-state index is 0.0553. The van der Waals surface area contributed by atoms with Gasteiger partial charge in [0.05, 0.1) is 17.2 Å². The number of hydrogen-bond acceptors (Lipinski definition) is 4. The van der Waals surface area contributed by atoms with E-state index in [-0.39, 0.29) is 36.0 Å². The fraction of sp³-hybridized carbons (Fsp3) is 0.323. The van der Waals surface area contributed by atoms with Gasteiger partial charge in [-0.3, -0.25) is 4.79 Å². The van der Waals surface area contributed by atoms with E-state index >= 15 is 0 Å². The Kier molecular flexibility index (Phi) is 6.17. The van der Waals surface area contributed by atoms with E-state index in [1.165, 1.54) is 6.07 Å². The minimum Gasteiger partial charge on any atom is -0.448 e. The number of piperidine rings is 1. The van der Waals surface area contributed by atoms with Gasteiger partial charge in [-0.05, 0) is 60.1 Å². The summed E-state index contributed by atoms with van der Waals surface area (Å²) in [6, 6.07) is 20.5. The summed E-state index contributed by atoms with van der Waals surface area (Å²) in [4.78, 5) is 28.2. The first kappa shape index (κ1) is 25.2. The summed E-state index contributed by atoms with van der Waals surface area (Å²) >= 11 is 0. The maximum atomic E-state index is 13.4. The Morgan fingerprint density at radius 2 is 1.51 bits per heavy atom. The smallest absolute Gasteiger partial charge is 0.417 e. The second-order valence-electron chi connectivity index (χ2n) is 10.5. The highest BCUT2D eigenvalue weighted by molar-refractivity contribution is 5.98. The Bertz CT molecular complexity index is 1450. The fourth-order valence-electron chi connectivity index (χ4n) is 6.62. The van der Waals surface area contributed by atoms with Gasteiger partial charge in [-0.15, -0.1) is 0 Å². The average Bonchev–Trinajstić information content (AvgIpc) is 3.40. The third-order valence-corrected chi connectivity index (χ3v) is 8.38. The Balaban J connectivity index is 1.15. The van der Waals surface area contributed by atoms with Crippen LogP contribution in [0.1, 0.15) is 64.2 Å². The highest BCUT2D eigenvalue weighted by atomic mass is 19.4. The fourth-order valence-corrected chi connectivity index (χ4v) is 6.62. The molecule has 2 fully saturated rings. The number of nitriles is 1. The number of ether oxygens (including phenoxy) is 1. The van der Waals surface area contributed by atoms with Gasteiger partial charge in [0.1, 0.15) is 6.61 Å². The molecule has 1 amide bonds. The van der Waals surface area contributed by atoms with Crippen LogP contribution >= 0.6 is 0 Å². The number of benzene rings is 3. The SMILES string of the molecule is N#Cc1ccc(C(=O)C2CC3CCC(C2)N3C(=O)OCC2c3ccccc3-c3ccccc32)cc1C(F)(F)F. The molecule has 2 bridgehead atoms. The molecule has 2 heterocycles. The number of Topliss-reactive ketones (excluding diaryl/α,β-unsaturated/α-hetero) is 1. The van der Waals surface area contributed by atoms with E-state index in [4.69, 9.17) is 10.00 Å². The first-order valence-corrected chi connectivity index (χ1v) is 13.0. The molecule has 2 aliphatic heterocycles. The van der Waals surface area contributed by atoms with Crippen LogP contribution in [0.4, 0.5) is 18.0 Å². The van der Waals surface area contributed by atoms with Crippen molar-refractivity contribution in [2.24, 2.45) is 5.92 Å². The minimum atomic E-state index is -4.73. The zero-order chi connectivity index (χ0) is 27.3. The Morgan fingerprint density at radius 3 is 2.08 bits per heavy atom. The number of fused-ring (bicyclic) bond motifs is 5. The zero-order valence-electron chi connectivity index (χ0n) is 20.9. The van der Waals surface area contributed by atoms with E-state index in [1.54, 1.807) is 11.0 Å². The van der Waals surface area contributed by atoms with E-state index in [0.29, 0.717) is 12.8 Å². The van der Waals surface area contributed by atoms with Crippen molar-refractivity contribution in [1.82, 2.24) is 4.90 Å². The third-order valence-electron chi connectivity index (χ3n) is 8.38. The van der Waals surface area contributed by atoms with Crippen molar-refractivity contribution < 1.29 is 27.5 Å². The highest BCUT2D eigenvalue weighted by Crippen LogP contribution is 2.45. The molecule has 0 N–H and O–H groups in total. The first-order chi connectivity index (χ1) is 18.8. The lowest BCUT2D eigenvalue weighted by Gasteiger charge is -2.37. The molecule has 0 spiro atoms. The summed E-state index contributed by atoms with van der Waals surface area (Å²) in [6.07, 6.45) is -2.94. The molecule has 8 heteroatoms. The number of carbonyl (C=O) groups excluding carboxylic acids is 2. The van der Waals surface area contributed by atoms with Crippen LogP contribution in [0.5, 0.6) is 0 Å². The van der Waals surface area contributed by atoms with Gasteiger partial charge in [-0.25, -0.2) is 4.79 Å². The number of carbonyl (C=O) groups is 2. The van der Waals surface area contributed by atoms with Crippen molar-refractivity contribution in [1.29, 1.82) is 5.26 Å². The molecule has 2 unspecified atom stereocenters. The molecule has 3 aliphatic rings. The summed E-state index contributed by atoms with van der Waals surface area (Å²) in [5.74, 6) is -0.930. The van der Waals surface area contributed by atoms with E-state index in [9.17, 15) is 22.8 Å². The number of halogens is 3. The van der Waals surface area contributed by atoms with Crippen LogP contribution in [-0.4, -0.2) is 35.5 Å². The number of alkyl halides is 3. The molecule has 2 saturated heterocycles. The van der Waals surface area contributed by atoms with Crippen molar-refractivity contribution in [2.75, 3.05) is 6.61 Å². The highest BCUT2D eigenvalue weighted by Gasteiger charge is 2.46. The van der Waals surface area contributed by atoms with E-state index in [0.717, 1.165) is 47.2 Å². The number of amides is 1. The molecular formula is C31H25F3N2O3. The van der Waals surface area contributed by atoms with Crippen molar-refractivity contribution in [3.63, 3.8) is 0 Å². The van der Waals surface area contributed by atoms with Crippen LogP contribution in [0, 0.1) is 17.2 Å². The molecule has 2 atom stereocenters. The van der Waals surface area contributed by atoms with Crippen molar-refractivity contribution in [2.45, 2.75) is 49.9 Å². The molecule has 3 aromatic rings. The Hall–Kier alpha value is -4.12. The molecule has 0 radical (unpaired) electrons. The standard InChI is InChI=1S/C31H25F3N2O3/c32-31(33,34)28-15-18(9-10-19(28)16-35)29(37)20-13-21-11-12-22(14-20)36(21)30(38)39-17-27-25-7-3-1-5-23(25)24-6-2-4-8-26(24)27/h1-10,15,20-22,27H,11-14,17H2. The monoisotopic (exact) mass is 530 g/mol. The van der Waals surface area contributed by atoms with Crippen molar-refractivity contribution >= 4 is 11.9 Å². The van der Waals surface area contributed by atoms with Crippen molar-refractivity contribution in [3.8, 4) is 17.2 Å². The lowest BCUT2D eigenvalue weighted by Crippen LogP contribution is -2.48. The predicted octanol–water partition coefficient (Wildman–Crippen LogP) is 6.95. The van der Waals surface area contributed by atoms with Gasteiger partial charge >= 0.3 is 12.3 Å². The van der Waals surface area contributed by atoms with Crippen molar-refractivity contribution in [3.05, 3.63) is 94.5 Å². The van der Waals surface area contributed by atoms with Gasteiger partial charge < -0.3 is 9.64 Å². The van der Waals surface area contributed by atoms with Crippen LogP contribution in [0.25, 0.3) is 11.1 Å². The lowest BCUT2D eigenvalue weighted by molar-refractivity contribution is -0.137. The number of ketones is 1. The van der Waals surface area contributed by atoms with Crippen LogP contribution in [-0.2, 0) is 10.9 Å². The third kappa shape index (κ3) is 4.36. The largest absolute Gasteiger partial charge is 0.448 e. The molecule has 0 aromatic heterocycles. The number of nitrogens with zero attached hydrogens (tertiary/aromatic N) is 2. The predicted molar refractivity (Wildman–Crippen MR) is 137 cm³/mol. The maximum absolute atomic E-state index is 13.4. The molecule has 39 heavy (non-hydrogen) atoms. The van der Waals surface area contributed by atoms with Crippen LogP contribution in [0.15, 0.2) is 66.7 Å². The molecule has 6 rings (SSSR count). The maximum Gasteiger partial charge on any atom is 0.417 e. The second kappa shape index (κ2) is 9.57. The number of hydrogen-bond donors (Lipinski definition) is 0. The summed E-state index contributed by atoms with van der Waals surface area (Å²) in [5.41, 5.74) is 2.87. The Morgan fingerprint density at radius 1 is 0.923 bits per heavy atom. The van der Waals surface area contributed by atoms with E-state index in [2.05, 4.69) is 24.3 Å². The number of rotatable bonds is 4. The molecule has 3 aromatic carbocycles. The summed E-state index contributed by atoms with van der Waals surface area (Å²) < 4.78 is 46.1. The van der Waals surface area contributed by atoms with Gasteiger partial charge in [0.2, 0.25) is 0 Å². The molecular weight excluding hydrogens is 505 g/mol. The van der Waals surface area contributed by atoms with E-state index in [1.807, 2.05) is 24.3 Å². The summed E-state index contributed by atoms with van der Waals surface area (Å²) in [7, 11) is 0. The summed E-state index contributed by atoms with van der Waals surface area (Å²) in [5, 5.41) is 9.04. The Labute approximate surface area is 223 Å². The van der Waals surface area contributed by atoms with Gasteiger partial charge in [0.15, 0.2) is 5.78 Å². The van der Waals surface area contributed by atoms with E-state index < -0.39 is 29.3 Å². The van der Waals surface area contributed by atoms with Gasteiger partial charge in [0.25, 0.3) is 0 Å². The van der Waals surface area contributed by atoms with Gasteiger partial charge in [-0.1, -0.05) is 54.6 Å². The zero-order valence-corrected chi connectivity index (χ0v) is 20.9. The van der Waals surface area contributed by atoms with Crippen LogP contribution in [0.3, 0.4) is 0 Å². The van der Waals surface area contributed by atoms with Crippen LogP contribution in [0.2, 0.25) is 0 Å². The summed E-state index contributed by atoms with van der Waals surface area (Å²) in [6.45, 7) is 0.205. The lowest BCUT2D eigenvalue weighted by atomic mass is 9.84. The van der Waals surface area contributed by atoms with Gasteiger partial charge in [0, 0.05) is 29.5 Å². The second-order valence-corrected chi connectivity index (χ2v) is 10.5. The van der Waals surface area contributed by atoms with Gasteiger partial charge in [-0.2, -0.15) is 18.4 Å². The average molecular weight is 531 g/mol. The van der Waals surface area contributed by atoms with Crippen LogP contribution < -0.4 is 0 Å². The molecule has 1 aliphatic carbocycles. The molecule has 5 nitrogen and oxygen atoms in total. The molecule has 0 saturated carbocycles. The quantitative estimate of drug-likeness (QED) is 0.342. The molecule has 198 valence electrons.